The van der Waals surface area contributed by atoms with Gasteiger partial charge in [0.1, 0.15) is 5.82 Å². The average molecular weight is 167 g/mol. The van der Waals surface area contributed by atoms with E-state index in [0.717, 1.165) is 12.2 Å². The van der Waals surface area contributed by atoms with E-state index in [-0.39, 0.29) is 6.04 Å². The third kappa shape index (κ3) is 2.08. The highest BCUT2D eigenvalue weighted by molar-refractivity contribution is 4.98. The lowest BCUT2D eigenvalue weighted by molar-refractivity contribution is 0.548. The Morgan fingerprint density at radius 2 is 2.25 bits per heavy atom. The van der Waals surface area contributed by atoms with Gasteiger partial charge >= 0.3 is 0 Å². The van der Waals surface area contributed by atoms with E-state index < -0.39 is 0 Å². The standard InChI is InChI=1S/C9H17N3/c1-7(6-8(2)10)9-11-4-5-12(9)3/h4-5,7-8H,6,10H2,1-3H3. The number of hydrogen-bond donors (Lipinski definition) is 1. The quantitative estimate of drug-likeness (QED) is 0.736. The maximum Gasteiger partial charge on any atom is 0.111 e. The van der Waals surface area contributed by atoms with Crippen LogP contribution in [0.5, 0.6) is 0 Å². The van der Waals surface area contributed by atoms with Gasteiger partial charge in [-0.3, -0.25) is 0 Å². The van der Waals surface area contributed by atoms with Gasteiger partial charge in [-0.25, -0.2) is 4.98 Å². The highest BCUT2D eigenvalue weighted by Crippen LogP contribution is 2.16. The maximum absolute atomic E-state index is 5.71. The van der Waals surface area contributed by atoms with Crippen LogP contribution in [-0.4, -0.2) is 15.6 Å². The second-order valence-corrected chi connectivity index (χ2v) is 3.51. The van der Waals surface area contributed by atoms with Crippen molar-refractivity contribution >= 4 is 0 Å². The van der Waals surface area contributed by atoms with Gasteiger partial charge in [-0.05, 0) is 13.3 Å². The Morgan fingerprint density at radius 3 is 2.67 bits per heavy atom. The monoisotopic (exact) mass is 167 g/mol. The van der Waals surface area contributed by atoms with E-state index in [1.54, 1.807) is 0 Å². The fourth-order valence-electron chi connectivity index (χ4n) is 1.52. The zero-order valence-electron chi connectivity index (χ0n) is 7.99. The van der Waals surface area contributed by atoms with Gasteiger partial charge in [-0.15, -0.1) is 0 Å². The minimum atomic E-state index is 0.247. The summed E-state index contributed by atoms with van der Waals surface area (Å²) in [7, 11) is 2.01. The number of nitrogens with zero attached hydrogens (tertiary/aromatic N) is 2. The van der Waals surface area contributed by atoms with Crippen LogP contribution in [0.4, 0.5) is 0 Å². The molecule has 0 bridgehead atoms. The van der Waals surface area contributed by atoms with E-state index in [9.17, 15) is 0 Å². The van der Waals surface area contributed by atoms with Crippen LogP contribution in [0, 0.1) is 0 Å². The van der Waals surface area contributed by atoms with E-state index in [0.29, 0.717) is 5.92 Å². The van der Waals surface area contributed by atoms with Gasteiger partial charge in [0.2, 0.25) is 0 Å². The smallest absolute Gasteiger partial charge is 0.111 e. The van der Waals surface area contributed by atoms with Crippen molar-refractivity contribution in [1.29, 1.82) is 0 Å². The van der Waals surface area contributed by atoms with Crippen LogP contribution in [0.15, 0.2) is 12.4 Å². The summed E-state index contributed by atoms with van der Waals surface area (Å²) in [5.74, 6) is 1.57. The van der Waals surface area contributed by atoms with E-state index >= 15 is 0 Å². The van der Waals surface area contributed by atoms with Gasteiger partial charge in [0.15, 0.2) is 0 Å². The summed E-state index contributed by atoms with van der Waals surface area (Å²) in [6.45, 7) is 4.19. The first kappa shape index (κ1) is 9.26. The molecule has 0 aromatic carbocycles. The molecule has 1 rings (SSSR count). The Labute approximate surface area is 73.6 Å². The van der Waals surface area contributed by atoms with Crippen molar-refractivity contribution in [3.8, 4) is 0 Å². The molecule has 12 heavy (non-hydrogen) atoms. The maximum atomic E-state index is 5.71. The normalized spacial score (nSPS) is 16.0. The molecule has 0 spiro atoms. The number of hydrogen-bond acceptors (Lipinski definition) is 2. The molecule has 0 aliphatic heterocycles. The molecule has 2 unspecified atom stereocenters. The number of nitrogens with two attached hydrogens (primary N) is 1. The minimum Gasteiger partial charge on any atom is -0.338 e. The van der Waals surface area contributed by atoms with Gasteiger partial charge in [-0.1, -0.05) is 6.92 Å². The molecule has 2 atom stereocenters. The van der Waals surface area contributed by atoms with Gasteiger partial charge in [0, 0.05) is 31.4 Å². The first-order valence-corrected chi connectivity index (χ1v) is 4.34. The molecule has 0 aliphatic rings. The summed E-state index contributed by atoms with van der Waals surface area (Å²) < 4.78 is 2.05. The third-order valence-corrected chi connectivity index (χ3v) is 2.02. The molecular formula is C9H17N3. The Balaban J connectivity index is 2.65. The molecule has 3 heteroatoms. The van der Waals surface area contributed by atoms with Crippen molar-refractivity contribution in [2.24, 2.45) is 12.8 Å². The second-order valence-electron chi connectivity index (χ2n) is 3.51. The summed E-state index contributed by atoms with van der Waals surface area (Å²) in [4.78, 5) is 4.28. The Hall–Kier alpha value is -0.830. The van der Waals surface area contributed by atoms with Gasteiger partial charge in [0.25, 0.3) is 0 Å². The Kier molecular flexibility index (Phi) is 2.87. The van der Waals surface area contributed by atoms with Crippen LogP contribution >= 0.6 is 0 Å². The molecule has 3 nitrogen and oxygen atoms in total. The van der Waals surface area contributed by atoms with Crippen molar-refractivity contribution < 1.29 is 0 Å². The van der Waals surface area contributed by atoms with E-state index in [4.69, 9.17) is 5.73 Å². The topological polar surface area (TPSA) is 43.8 Å². The number of imidazole rings is 1. The molecule has 0 radical (unpaired) electrons. The van der Waals surface area contributed by atoms with Crippen LogP contribution in [0.3, 0.4) is 0 Å². The fraction of sp³-hybridized carbons (Fsp3) is 0.667. The van der Waals surface area contributed by atoms with E-state index in [1.165, 1.54) is 0 Å². The summed E-state index contributed by atoms with van der Waals surface area (Å²) in [5.41, 5.74) is 5.71. The molecule has 0 amide bonds. The van der Waals surface area contributed by atoms with Crippen molar-refractivity contribution in [2.45, 2.75) is 32.2 Å². The van der Waals surface area contributed by atoms with Crippen LogP contribution in [0.25, 0.3) is 0 Å². The number of rotatable bonds is 3. The van der Waals surface area contributed by atoms with Crippen LogP contribution in [0.1, 0.15) is 32.0 Å². The average Bonchev–Trinajstić information content (AvgIpc) is 2.33. The minimum absolute atomic E-state index is 0.247. The van der Waals surface area contributed by atoms with Gasteiger partial charge in [-0.2, -0.15) is 0 Å². The molecular weight excluding hydrogens is 150 g/mol. The predicted octanol–water partition coefficient (Wildman–Crippen LogP) is 1.26. The molecule has 1 aromatic heterocycles. The lowest BCUT2D eigenvalue weighted by Crippen LogP contribution is -2.18. The summed E-state index contributed by atoms with van der Waals surface area (Å²) in [6, 6.07) is 0.247. The van der Waals surface area contributed by atoms with Crippen LogP contribution < -0.4 is 5.73 Å². The number of aromatic nitrogens is 2. The first-order valence-electron chi connectivity index (χ1n) is 4.34. The van der Waals surface area contributed by atoms with E-state index in [2.05, 4.69) is 11.9 Å². The summed E-state index contributed by atoms with van der Waals surface area (Å²) >= 11 is 0. The largest absolute Gasteiger partial charge is 0.338 e. The molecule has 1 aromatic rings. The van der Waals surface area contributed by atoms with Crippen molar-refractivity contribution in [2.75, 3.05) is 0 Å². The first-order chi connectivity index (χ1) is 5.61. The Morgan fingerprint density at radius 1 is 1.58 bits per heavy atom. The zero-order chi connectivity index (χ0) is 9.14. The zero-order valence-corrected chi connectivity index (χ0v) is 7.99. The molecule has 0 aliphatic carbocycles. The highest BCUT2D eigenvalue weighted by Gasteiger charge is 2.11. The van der Waals surface area contributed by atoms with Crippen LogP contribution in [-0.2, 0) is 7.05 Å². The van der Waals surface area contributed by atoms with Crippen molar-refractivity contribution in [3.05, 3.63) is 18.2 Å². The fourth-order valence-corrected chi connectivity index (χ4v) is 1.52. The SMILES string of the molecule is CC(N)CC(C)c1nccn1C. The summed E-state index contributed by atoms with van der Waals surface area (Å²) in [6.07, 6.45) is 4.78. The molecule has 2 N–H and O–H groups in total. The van der Waals surface area contributed by atoms with Crippen molar-refractivity contribution in [3.63, 3.8) is 0 Å². The van der Waals surface area contributed by atoms with Gasteiger partial charge in [0.05, 0.1) is 0 Å². The number of aryl methyl sites for hydroxylation is 1. The van der Waals surface area contributed by atoms with Crippen molar-refractivity contribution in [1.82, 2.24) is 9.55 Å². The van der Waals surface area contributed by atoms with Crippen LogP contribution in [0.2, 0.25) is 0 Å². The lowest BCUT2D eigenvalue weighted by atomic mass is 10.0. The van der Waals surface area contributed by atoms with Gasteiger partial charge < -0.3 is 10.3 Å². The third-order valence-electron chi connectivity index (χ3n) is 2.02. The highest BCUT2D eigenvalue weighted by atomic mass is 15.0. The Bertz CT molecular complexity index is 240. The molecule has 1 heterocycles. The molecule has 68 valence electrons. The molecule has 0 fully saturated rings. The second kappa shape index (κ2) is 3.72. The molecule has 0 saturated carbocycles. The predicted molar refractivity (Wildman–Crippen MR) is 49.9 cm³/mol. The lowest BCUT2D eigenvalue weighted by Gasteiger charge is -2.13. The summed E-state index contributed by atoms with van der Waals surface area (Å²) in [5, 5.41) is 0. The van der Waals surface area contributed by atoms with E-state index in [1.807, 2.05) is 30.9 Å². The molecule has 0 saturated heterocycles.